The minimum absolute atomic E-state index is 0.0302. The minimum atomic E-state index is -1.67. The number of aliphatic hydroxyl groups excluding tert-OH is 1. The molecule has 5 rings (SSSR count). The predicted octanol–water partition coefficient (Wildman–Crippen LogP) is 0.616. The number of H-pyrrole nitrogens is 1. The Balaban J connectivity index is 1.57. The minimum Gasteiger partial charge on any atom is -0.391 e. The quantitative estimate of drug-likeness (QED) is 0.0511. The molecule has 394 valence electrons. The Morgan fingerprint density at radius 1 is 0.740 bits per heavy atom. The van der Waals surface area contributed by atoms with Gasteiger partial charge in [0.05, 0.1) is 12.1 Å². The maximum absolute atomic E-state index is 14.8. The van der Waals surface area contributed by atoms with Crippen LogP contribution in [0.1, 0.15) is 56.7 Å². The van der Waals surface area contributed by atoms with E-state index in [-0.39, 0.29) is 43.7 Å². The van der Waals surface area contributed by atoms with E-state index in [0.29, 0.717) is 34.6 Å². The fourth-order valence-corrected chi connectivity index (χ4v) is 10.4. The van der Waals surface area contributed by atoms with E-state index in [2.05, 4.69) is 42.2 Å². The van der Waals surface area contributed by atoms with E-state index in [0.717, 1.165) is 32.5 Å². The van der Waals surface area contributed by atoms with Gasteiger partial charge in [-0.25, -0.2) is 0 Å². The first-order valence-corrected chi connectivity index (χ1v) is 26.8. The fourth-order valence-electron chi connectivity index (χ4n) is 7.95. The molecule has 1 aliphatic rings. The summed E-state index contributed by atoms with van der Waals surface area (Å²) >= 11 is 6.07. The number of carbonyl (C=O) groups is 8. The molecule has 1 aliphatic heterocycles. The number of aromatic nitrogens is 1. The van der Waals surface area contributed by atoms with E-state index in [1.165, 1.54) is 6.92 Å². The molecule has 20 nitrogen and oxygen atoms in total. The Morgan fingerprint density at radius 3 is 2.01 bits per heavy atom. The van der Waals surface area contributed by atoms with Gasteiger partial charge >= 0.3 is 0 Å². The molecule has 15 N–H and O–H groups in total. The van der Waals surface area contributed by atoms with Gasteiger partial charge in [0, 0.05) is 46.5 Å². The number of nitrogens with one attached hydrogen (secondary N) is 8. The smallest absolute Gasteiger partial charge is 0.245 e. The van der Waals surface area contributed by atoms with Crippen LogP contribution in [0.3, 0.4) is 0 Å². The largest absolute Gasteiger partial charge is 0.391 e. The van der Waals surface area contributed by atoms with Gasteiger partial charge in [-0.05, 0) is 80.0 Å². The molecule has 0 spiro atoms. The summed E-state index contributed by atoms with van der Waals surface area (Å²) in [6.07, 6.45) is 0.949. The van der Waals surface area contributed by atoms with E-state index >= 15 is 0 Å². The monoisotopic (exact) mass is 1060 g/mol. The van der Waals surface area contributed by atoms with E-state index in [9.17, 15) is 43.5 Å². The predicted molar refractivity (Wildman–Crippen MR) is 282 cm³/mol. The maximum atomic E-state index is 14.8. The van der Waals surface area contributed by atoms with Crippen LogP contribution in [0.15, 0.2) is 85.1 Å². The van der Waals surface area contributed by atoms with E-state index < -0.39 is 108 Å². The Kier molecular flexibility index (Phi) is 22.4. The van der Waals surface area contributed by atoms with Crippen LogP contribution in [0, 0.1) is 5.92 Å². The standard InChI is InChI=1S/C50H66ClN11O9S2/c1-27(2)41(43(54)64)61-49(70)40-26-73-72-25-39(59-44(65)34(53)21-30-16-18-32(51)19-17-30)48(69)57-37(22-29-11-5-4-6-12-29)46(67)58-38(23-31-24-55-35-14-8-7-13-33(31)35)47(68)56-36(15-9-10-20-52)45(66)62-42(28(3)63)50(71)60-40/h4-8,11-14,16-19,24,27-28,34,36-42,55,63H,9-10,15,20-23,25-26,52-53H2,1-3H3,(H2,54,64)(H,56,68)(H,57,69)(H,58,67)(H,59,65)(H,60,71)(H,61,70)(H,62,66)/t28-,34+,36+,37+,38+,39-,40+,41+,42+/m1/s1. The molecule has 2 heterocycles. The summed E-state index contributed by atoms with van der Waals surface area (Å²) in [4.78, 5) is 116. The average Bonchev–Trinajstić information content (AvgIpc) is 3.77. The lowest BCUT2D eigenvalue weighted by Gasteiger charge is -2.29. The summed E-state index contributed by atoms with van der Waals surface area (Å²) in [6, 6.07) is 12.2. The Bertz CT molecular complexity index is 2540. The summed E-state index contributed by atoms with van der Waals surface area (Å²) < 4.78 is 0. The molecule has 0 radical (unpaired) electrons. The van der Waals surface area contributed by atoms with Crippen LogP contribution in [0.4, 0.5) is 0 Å². The van der Waals surface area contributed by atoms with Crippen molar-refractivity contribution in [2.45, 2.75) is 114 Å². The molecule has 1 aromatic heterocycles. The molecule has 1 saturated heterocycles. The molecular formula is C50H66ClN11O9S2. The normalized spacial score (nSPS) is 22.1. The summed E-state index contributed by atoms with van der Waals surface area (Å²) in [5.74, 6) is -7.36. The SMILES string of the molecule is CC(C)[C@H](NC(=O)[C@@H]1CSSC[C@@H](NC(=O)[C@@H](N)Cc2ccc(Cl)cc2)C(=O)N[C@@H](Cc2ccccc2)C(=O)N[C@@H](Cc2c[nH]c3ccccc23)C(=O)N[C@@H](CCCCN)C(=O)N[C@@H]([C@@H](C)O)C(=O)N1)C(N)=O. The lowest BCUT2D eigenvalue weighted by Crippen LogP contribution is -2.62. The number of carbonyl (C=O) groups excluding carboxylic acids is 8. The molecule has 0 bridgehead atoms. The third kappa shape index (κ3) is 17.5. The number of benzene rings is 3. The second kappa shape index (κ2) is 28.3. The van der Waals surface area contributed by atoms with E-state index in [1.54, 1.807) is 74.6 Å². The molecular weight excluding hydrogens is 998 g/mol. The number of primary amides is 1. The number of aromatic amines is 1. The molecule has 1 fully saturated rings. The third-order valence-electron chi connectivity index (χ3n) is 12.1. The molecule has 23 heteroatoms. The van der Waals surface area contributed by atoms with Crippen molar-refractivity contribution in [3.8, 4) is 0 Å². The second-order valence-electron chi connectivity index (χ2n) is 18.2. The molecule has 9 atom stereocenters. The molecule has 3 aromatic carbocycles. The number of fused-ring (bicyclic) bond motifs is 1. The lowest BCUT2D eigenvalue weighted by molar-refractivity contribution is -0.136. The summed E-state index contributed by atoms with van der Waals surface area (Å²) in [5, 5.41) is 31.0. The van der Waals surface area contributed by atoms with Gasteiger partial charge in [-0.2, -0.15) is 0 Å². The van der Waals surface area contributed by atoms with Crippen molar-refractivity contribution in [2.75, 3.05) is 18.1 Å². The van der Waals surface area contributed by atoms with Crippen LogP contribution < -0.4 is 54.4 Å². The highest BCUT2D eigenvalue weighted by molar-refractivity contribution is 8.76. The summed E-state index contributed by atoms with van der Waals surface area (Å²) in [5.41, 5.74) is 20.6. The number of para-hydroxylation sites is 1. The van der Waals surface area contributed by atoms with Crippen LogP contribution in [-0.2, 0) is 57.6 Å². The zero-order valence-corrected chi connectivity index (χ0v) is 43.2. The first-order chi connectivity index (χ1) is 34.8. The number of rotatable bonds is 17. The van der Waals surface area contributed by atoms with Gasteiger partial charge in [-0.3, -0.25) is 38.4 Å². The van der Waals surface area contributed by atoms with Gasteiger partial charge in [0.2, 0.25) is 47.3 Å². The highest BCUT2D eigenvalue weighted by Gasteiger charge is 2.37. The van der Waals surface area contributed by atoms with Crippen LogP contribution in [-0.4, -0.2) is 130 Å². The fraction of sp³-hybridized carbons (Fsp3) is 0.440. The van der Waals surface area contributed by atoms with Gasteiger partial charge in [-0.15, -0.1) is 0 Å². The number of halogens is 1. The maximum Gasteiger partial charge on any atom is 0.245 e. The Hall–Kier alpha value is -6.17. The Labute approximate surface area is 436 Å². The van der Waals surface area contributed by atoms with E-state index in [4.69, 9.17) is 28.8 Å². The molecule has 0 aliphatic carbocycles. The topological polar surface area (TPSA) is 335 Å². The average molecular weight is 1060 g/mol. The Morgan fingerprint density at radius 2 is 1.36 bits per heavy atom. The van der Waals surface area contributed by atoms with Gasteiger partial charge in [0.25, 0.3) is 0 Å². The second-order valence-corrected chi connectivity index (χ2v) is 21.2. The molecule has 73 heavy (non-hydrogen) atoms. The zero-order valence-electron chi connectivity index (χ0n) is 40.9. The van der Waals surface area contributed by atoms with Crippen molar-refractivity contribution in [3.63, 3.8) is 0 Å². The first-order valence-electron chi connectivity index (χ1n) is 24.0. The summed E-state index contributed by atoms with van der Waals surface area (Å²) in [7, 11) is 2.05. The zero-order chi connectivity index (χ0) is 53.2. The van der Waals surface area contributed by atoms with Crippen LogP contribution in [0.2, 0.25) is 5.02 Å². The van der Waals surface area contributed by atoms with Gasteiger partial charge < -0.3 is 64.5 Å². The number of aliphatic hydroxyl groups is 1. The highest BCUT2D eigenvalue weighted by atomic mass is 35.5. The van der Waals surface area contributed by atoms with Crippen LogP contribution in [0.25, 0.3) is 10.9 Å². The number of hydrogen-bond donors (Lipinski definition) is 12. The third-order valence-corrected chi connectivity index (χ3v) is 14.8. The van der Waals surface area contributed by atoms with Gasteiger partial charge in [0.1, 0.15) is 42.3 Å². The van der Waals surface area contributed by atoms with Crippen molar-refractivity contribution in [3.05, 3.63) is 107 Å². The van der Waals surface area contributed by atoms with Gasteiger partial charge in [-0.1, -0.05) is 108 Å². The highest BCUT2D eigenvalue weighted by Crippen LogP contribution is 2.25. The molecule has 0 saturated carbocycles. The molecule has 0 unspecified atom stereocenters. The van der Waals surface area contributed by atoms with Crippen molar-refractivity contribution in [1.82, 2.24) is 42.2 Å². The number of amides is 8. The first kappa shape index (κ1) is 57.7. The number of unbranched alkanes of at least 4 members (excludes halogenated alkanes) is 1. The van der Waals surface area contributed by atoms with Crippen molar-refractivity contribution >= 4 is 91.3 Å². The molecule has 8 amide bonds. The number of hydrogen-bond acceptors (Lipinski definition) is 13. The number of nitrogens with two attached hydrogens (primary N) is 3. The van der Waals surface area contributed by atoms with Gasteiger partial charge in [0.15, 0.2) is 0 Å². The van der Waals surface area contributed by atoms with Crippen molar-refractivity contribution in [2.24, 2.45) is 23.1 Å². The molecule has 4 aromatic rings. The van der Waals surface area contributed by atoms with Crippen molar-refractivity contribution < 1.29 is 43.5 Å². The van der Waals surface area contributed by atoms with Crippen molar-refractivity contribution in [1.29, 1.82) is 0 Å². The van der Waals surface area contributed by atoms with Crippen LogP contribution >= 0.6 is 33.2 Å². The summed E-state index contributed by atoms with van der Waals surface area (Å²) in [6.45, 7) is 4.84. The lowest BCUT2D eigenvalue weighted by atomic mass is 10.0. The van der Waals surface area contributed by atoms with Crippen LogP contribution in [0.5, 0.6) is 0 Å². The van der Waals surface area contributed by atoms with E-state index in [1.807, 2.05) is 24.3 Å².